The van der Waals surface area contributed by atoms with E-state index in [0.29, 0.717) is 6.42 Å². The van der Waals surface area contributed by atoms with Gasteiger partial charge >= 0.3 is 0 Å². The Morgan fingerprint density at radius 2 is 2.58 bits per heavy atom. The first kappa shape index (κ1) is 9.16. The van der Waals surface area contributed by atoms with Gasteiger partial charge in [-0.15, -0.1) is 17.9 Å². The van der Waals surface area contributed by atoms with E-state index >= 15 is 0 Å². The highest BCUT2D eigenvalue weighted by Gasteiger charge is 2.14. The summed E-state index contributed by atoms with van der Waals surface area (Å²) < 4.78 is 0. The first-order valence-electron chi connectivity index (χ1n) is 3.70. The number of thiophene rings is 1. The first-order valence-corrected chi connectivity index (χ1v) is 4.58. The lowest BCUT2D eigenvalue weighted by Gasteiger charge is -2.04. The summed E-state index contributed by atoms with van der Waals surface area (Å²) in [6.07, 6.45) is 2.20. The lowest BCUT2D eigenvalue weighted by molar-refractivity contribution is 0.0966. The minimum atomic E-state index is -0.429. The Labute approximate surface area is 75.7 Å². The van der Waals surface area contributed by atoms with Crippen LogP contribution in [0.2, 0.25) is 0 Å². The average molecular weight is 181 g/mol. The molecule has 64 valence electrons. The highest BCUT2D eigenvalue weighted by atomic mass is 32.1. The predicted octanol–water partition coefficient (Wildman–Crippen LogP) is 1.83. The molecule has 1 atom stereocenters. The van der Waals surface area contributed by atoms with Crippen molar-refractivity contribution in [3.8, 4) is 0 Å². The van der Waals surface area contributed by atoms with Crippen LogP contribution in [0.4, 0.5) is 0 Å². The number of hydrogen-bond acceptors (Lipinski definition) is 3. The summed E-state index contributed by atoms with van der Waals surface area (Å²) in [4.78, 5) is 12.2. The zero-order valence-corrected chi connectivity index (χ0v) is 7.51. The molecule has 1 unspecified atom stereocenters. The summed E-state index contributed by atoms with van der Waals surface area (Å²) in [6.45, 7) is 3.54. The van der Waals surface area contributed by atoms with E-state index < -0.39 is 6.04 Å². The molecule has 0 saturated heterocycles. The van der Waals surface area contributed by atoms with Crippen LogP contribution in [0, 0.1) is 0 Å². The van der Waals surface area contributed by atoms with Crippen LogP contribution in [0.1, 0.15) is 16.1 Å². The van der Waals surface area contributed by atoms with Crippen molar-refractivity contribution in [2.75, 3.05) is 0 Å². The van der Waals surface area contributed by atoms with E-state index in [1.165, 1.54) is 11.3 Å². The van der Waals surface area contributed by atoms with E-state index in [1.807, 2.05) is 11.4 Å². The molecule has 2 N–H and O–H groups in total. The molecule has 1 aromatic rings. The molecule has 0 fully saturated rings. The summed E-state index contributed by atoms with van der Waals surface area (Å²) >= 11 is 1.42. The molecule has 0 aromatic carbocycles. The van der Waals surface area contributed by atoms with Gasteiger partial charge in [0.1, 0.15) is 0 Å². The molecule has 0 spiro atoms. The number of rotatable bonds is 4. The second kappa shape index (κ2) is 4.18. The van der Waals surface area contributed by atoms with E-state index in [4.69, 9.17) is 5.73 Å². The molecule has 12 heavy (non-hydrogen) atoms. The van der Waals surface area contributed by atoms with Crippen LogP contribution >= 0.6 is 11.3 Å². The van der Waals surface area contributed by atoms with Crippen molar-refractivity contribution >= 4 is 17.1 Å². The zero-order chi connectivity index (χ0) is 8.97. The minimum Gasteiger partial charge on any atom is -0.321 e. The highest BCUT2D eigenvalue weighted by Crippen LogP contribution is 2.11. The number of hydrogen-bond donors (Lipinski definition) is 1. The maximum atomic E-state index is 11.4. The van der Waals surface area contributed by atoms with Gasteiger partial charge in [-0.25, -0.2) is 0 Å². The Bertz CT molecular complexity index is 266. The Morgan fingerprint density at radius 1 is 1.83 bits per heavy atom. The fraction of sp³-hybridized carbons (Fsp3) is 0.222. The van der Waals surface area contributed by atoms with E-state index in [-0.39, 0.29) is 5.78 Å². The quantitative estimate of drug-likeness (QED) is 0.569. The number of ketones is 1. The van der Waals surface area contributed by atoms with Gasteiger partial charge in [0, 0.05) is 0 Å². The van der Waals surface area contributed by atoms with Crippen LogP contribution in [0.5, 0.6) is 0 Å². The average Bonchev–Trinajstić information content (AvgIpc) is 2.55. The Balaban J connectivity index is 2.65. The van der Waals surface area contributed by atoms with Crippen molar-refractivity contribution in [2.45, 2.75) is 12.5 Å². The zero-order valence-electron chi connectivity index (χ0n) is 6.69. The lowest BCUT2D eigenvalue weighted by Crippen LogP contribution is -2.29. The molecular formula is C9H11NOS. The molecule has 1 rings (SSSR count). The molecular weight excluding hydrogens is 170 g/mol. The lowest BCUT2D eigenvalue weighted by atomic mass is 10.1. The van der Waals surface area contributed by atoms with Crippen LogP contribution in [0.25, 0.3) is 0 Å². The smallest absolute Gasteiger partial charge is 0.189 e. The van der Waals surface area contributed by atoms with Crippen molar-refractivity contribution in [3.63, 3.8) is 0 Å². The third-order valence-corrected chi connectivity index (χ3v) is 2.41. The summed E-state index contributed by atoms with van der Waals surface area (Å²) in [5.74, 6) is 0.00454. The maximum Gasteiger partial charge on any atom is 0.189 e. The molecule has 1 aromatic heterocycles. The number of Topliss-reactive ketones (excluding diaryl/α,β-unsaturated/α-hetero) is 1. The number of nitrogens with two attached hydrogens (primary N) is 1. The van der Waals surface area contributed by atoms with Gasteiger partial charge in [0.25, 0.3) is 0 Å². The molecule has 0 saturated carbocycles. The second-order valence-corrected chi connectivity index (χ2v) is 3.42. The van der Waals surface area contributed by atoms with Crippen molar-refractivity contribution < 1.29 is 4.79 Å². The van der Waals surface area contributed by atoms with Crippen molar-refractivity contribution in [1.29, 1.82) is 0 Å². The summed E-state index contributed by atoms with van der Waals surface area (Å²) in [5, 5.41) is 1.87. The summed E-state index contributed by atoms with van der Waals surface area (Å²) in [6, 6.07) is 3.20. The Hall–Kier alpha value is -0.930. The molecule has 1 heterocycles. The maximum absolute atomic E-state index is 11.4. The second-order valence-electron chi connectivity index (χ2n) is 2.47. The fourth-order valence-electron chi connectivity index (χ4n) is 0.888. The van der Waals surface area contributed by atoms with E-state index in [1.54, 1.807) is 12.1 Å². The monoisotopic (exact) mass is 181 g/mol. The third kappa shape index (κ3) is 2.03. The fourth-order valence-corrected chi connectivity index (χ4v) is 1.62. The highest BCUT2D eigenvalue weighted by molar-refractivity contribution is 7.12. The first-order chi connectivity index (χ1) is 5.75. The topological polar surface area (TPSA) is 43.1 Å². The molecule has 0 aliphatic rings. The molecule has 3 heteroatoms. The molecule has 0 bridgehead atoms. The normalized spacial score (nSPS) is 12.4. The van der Waals surface area contributed by atoms with Crippen LogP contribution < -0.4 is 5.73 Å². The largest absolute Gasteiger partial charge is 0.321 e. The molecule has 0 radical (unpaired) electrons. The molecule has 2 nitrogen and oxygen atoms in total. The SMILES string of the molecule is C=CCC(N)C(=O)c1cccs1. The number of carbonyl (C=O) groups is 1. The Morgan fingerprint density at radius 3 is 3.08 bits per heavy atom. The van der Waals surface area contributed by atoms with Crippen LogP contribution in [0.15, 0.2) is 30.2 Å². The van der Waals surface area contributed by atoms with Gasteiger partial charge in [-0.2, -0.15) is 0 Å². The number of carbonyl (C=O) groups excluding carboxylic acids is 1. The van der Waals surface area contributed by atoms with Crippen LogP contribution in [0.3, 0.4) is 0 Å². The molecule has 0 aliphatic carbocycles. The van der Waals surface area contributed by atoms with Gasteiger partial charge in [-0.05, 0) is 17.9 Å². The third-order valence-electron chi connectivity index (χ3n) is 1.52. The van der Waals surface area contributed by atoms with E-state index in [0.717, 1.165) is 4.88 Å². The Kier molecular flexibility index (Phi) is 3.19. The summed E-state index contributed by atoms with van der Waals surface area (Å²) in [7, 11) is 0. The van der Waals surface area contributed by atoms with Gasteiger partial charge in [0.2, 0.25) is 0 Å². The van der Waals surface area contributed by atoms with Gasteiger partial charge in [-0.3, -0.25) is 4.79 Å². The van der Waals surface area contributed by atoms with E-state index in [2.05, 4.69) is 6.58 Å². The van der Waals surface area contributed by atoms with E-state index in [9.17, 15) is 4.79 Å². The van der Waals surface area contributed by atoms with Crippen LogP contribution in [-0.4, -0.2) is 11.8 Å². The van der Waals surface area contributed by atoms with Crippen molar-refractivity contribution in [3.05, 3.63) is 35.0 Å². The molecule has 0 amide bonds. The van der Waals surface area contributed by atoms with Crippen LogP contribution in [-0.2, 0) is 0 Å². The molecule has 0 aliphatic heterocycles. The predicted molar refractivity (Wildman–Crippen MR) is 51.4 cm³/mol. The minimum absolute atomic E-state index is 0.00454. The standard InChI is InChI=1S/C9H11NOS/c1-2-4-7(10)9(11)8-5-3-6-12-8/h2-3,5-7H,1,4,10H2. The summed E-state index contributed by atoms with van der Waals surface area (Å²) in [5.41, 5.74) is 5.60. The van der Waals surface area contributed by atoms with Crippen molar-refractivity contribution in [1.82, 2.24) is 0 Å². The van der Waals surface area contributed by atoms with Gasteiger partial charge in [0.05, 0.1) is 10.9 Å². The van der Waals surface area contributed by atoms with Crippen molar-refractivity contribution in [2.24, 2.45) is 5.73 Å². The van der Waals surface area contributed by atoms with Gasteiger partial charge in [-0.1, -0.05) is 12.1 Å². The van der Waals surface area contributed by atoms with Gasteiger partial charge < -0.3 is 5.73 Å². The van der Waals surface area contributed by atoms with Gasteiger partial charge in [0.15, 0.2) is 5.78 Å².